The highest BCUT2D eigenvalue weighted by Crippen LogP contribution is 2.41. The highest BCUT2D eigenvalue weighted by atomic mass is 32.2. The zero-order chi connectivity index (χ0) is 18.6. The summed E-state index contributed by atoms with van der Waals surface area (Å²) in [5, 5.41) is 0. The first-order chi connectivity index (χ1) is 11.9. The fourth-order valence-electron chi connectivity index (χ4n) is 2.76. The molecule has 1 aliphatic rings. The van der Waals surface area contributed by atoms with Crippen LogP contribution in [0.4, 0.5) is 5.82 Å². The molecule has 1 aliphatic heterocycles. The maximum atomic E-state index is 12.3. The summed E-state index contributed by atoms with van der Waals surface area (Å²) in [6.45, 7) is 7.91. The monoisotopic (exact) mass is 358 g/mol. The Bertz CT molecular complexity index is 742. The zero-order valence-electron chi connectivity index (χ0n) is 15.8. The van der Waals surface area contributed by atoms with Gasteiger partial charge in [0.25, 0.3) is 0 Å². The average molecular weight is 359 g/mol. The molecular formula is C20H26N2O2S. The Morgan fingerprint density at radius 3 is 2.44 bits per heavy atom. The number of rotatable bonds is 4. The molecule has 0 bridgehead atoms. The Hall–Kier alpha value is -2.01. The van der Waals surface area contributed by atoms with Gasteiger partial charge in [0, 0.05) is 29.5 Å². The number of carbonyl (C=O) groups excluding carboxylic acids is 1. The van der Waals surface area contributed by atoms with E-state index in [1.54, 1.807) is 30.8 Å². The van der Waals surface area contributed by atoms with Crippen molar-refractivity contribution in [3.63, 3.8) is 0 Å². The molecule has 0 aliphatic carbocycles. The molecule has 1 aromatic carbocycles. The number of anilines is 1. The van der Waals surface area contributed by atoms with Crippen molar-refractivity contribution in [2.75, 3.05) is 19.1 Å². The minimum absolute atomic E-state index is 0.0947. The summed E-state index contributed by atoms with van der Waals surface area (Å²) < 4.78 is 5.17. The highest BCUT2D eigenvalue weighted by Gasteiger charge is 2.43. The zero-order valence-corrected chi connectivity index (χ0v) is 16.6. The number of pyridine rings is 1. The highest BCUT2D eigenvalue weighted by molar-refractivity contribution is 7.98. The van der Waals surface area contributed by atoms with Crippen molar-refractivity contribution in [2.24, 2.45) is 0 Å². The van der Waals surface area contributed by atoms with Gasteiger partial charge < -0.3 is 4.74 Å². The molecule has 0 saturated heterocycles. The molecule has 5 heteroatoms. The number of nitrogens with zero attached hydrogens (tertiary/aromatic N) is 2. The number of likely N-dealkylation sites (N-methyl/N-ethyl adjacent to an activating group) is 1. The fraction of sp³-hybridized carbons (Fsp3) is 0.400. The Morgan fingerprint density at radius 2 is 1.84 bits per heavy atom. The van der Waals surface area contributed by atoms with E-state index in [2.05, 4.69) is 23.2 Å². The molecule has 2 heterocycles. The van der Waals surface area contributed by atoms with E-state index < -0.39 is 5.41 Å². The van der Waals surface area contributed by atoms with Crippen LogP contribution in [0, 0.1) is 0 Å². The largest absolute Gasteiger partial charge is 0.497 e. The minimum atomic E-state index is -0.506. The Morgan fingerprint density at radius 1 is 1.20 bits per heavy atom. The first-order valence-electron chi connectivity index (χ1n) is 8.48. The Labute approximate surface area is 154 Å². The number of benzene rings is 1. The molecule has 0 saturated carbocycles. The van der Waals surface area contributed by atoms with Crippen molar-refractivity contribution in [2.45, 2.75) is 43.8 Å². The van der Waals surface area contributed by atoms with Gasteiger partial charge in [0.2, 0.25) is 5.91 Å². The second kappa shape index (κ2) is 7.91. The molecule has 0 spiro atoms. The predicted octanol–water partition coefficient (Wildman–Crippen LogP) is 4.66. The molecule has 0 unspecified atom stereocenters. The van der Waals surface area contributed by atoms with Gasteiger partial charge in [0.05, 0.1) is 12.5 Å². The van der Waals surface area contributed by atoms with Crippen molar-refractivity contribution in [1.82, 2.24) is 4.98 Å². The molecule has 4 nitrogen and oxygen atoms in total. The Kier molecular flexibility index (Phi) is 6.11. The van der Waals surface area contributed by atoms with Crippen LogP contribution >= 0.6 is 11.8 Å². The number of hydrogen-bond acceptors (Lipinski definition) is 4. The van der Waals surface area contributed by atoms with Crippen LogP contribution in [0.5, 0.6) is 5.75 Å². The normalized spacial score (nSPS) is 14.6. The number of thioether (sulfide) groups is 1. The van der Waals surface area contributed by atoms with Gasteiger partial charge in [0.1, 0.15) is 11.6 Å². The first kappa shape index (κ1) is 19.3. The van der Waals surface area contributed by atoms with E-state index in [0.29, 0.717) is 0 Å². The average Bonchev–Trinajstić information content (AvgIpc) is 2.82. The standard InChI is InChI=1S/C18H20N2O2S.C2H6/c1-18(2)15-9-14(10-19-16(15)20(3)17(18)21)23-11-12-5-7-13(22-4)8-6-12;1-2/h5-10H,11H2,1-4H3;1-2H3. The predicted molar refractivity (Wildman–Crippen MR) is 105 cm³/mol. The van der Waals surface area contributed by atoms with Crippen LogP contribution in [-0.4, -0.2) is 25.0 Å². The number of carbonyl (C=O) groups is 1. The maximum absolute atomic E-state index is 12.3. The molecule has 0 radical (unpaired) electrons. The smallest absolute Gasteiger partial charge is 0.238 e. The van der Waals surface area contributed by atoms with Crippen LogP contribution in [0.15, 0.2) is 41.4 Å². The van der Waals surface area contributed by atoms with Gasteiger partial charge in [-0.2, -0.15) is 0 Å². The van der Waals surface area contributed by atoms with Gasteiger partial charge >= 0.3 is 0 Å². The summed E-state index contributed by atoms with van der Waals surface area (Å²) in [6.07, 6.45) is 1.85. The summed E-state index contributed by atoms with van der Waals surface area (Å²) in [4.78, 5) is 19.5. The van der Waals surface area contributed by atoms with Crippen LogP contribution in [0.1, 0.15) is 38.8 Å². The van der Waals surface area contributed by atoms with E-state index in [9.17, 15) is 4.79 Å². The third kappa shape index (κ3) is 3.82. The van der Waals surface area contributed by atoms with Gasteiger partial charge in [-0.15, -0.1) is 11.8 Å². The van der Waals surface area contributed by atoms with Crippen molar-refractivity contribution in [3.8, 4) is 5.75 Å². The van der Waals surface area contributed by atoms with E-state index in [0.717, 1.165) is 27.8 Å². The number of aromatic nitrogens is 1. The summed E-state index contributed by atoms with van der Waals surface area (Å²) in [5.74, 6) is 2.58. The van der Waals surface area contributed by atoms with Crippen LogP contribution in [0.25, 0.3) is 0 Å². The lowest BCUT2D eigenvalue weighted by atomic mass is 9.87. The quantitative estimate of drug-likeness (QED) is 0.745. The van der Waals surface area contributed by atoms with Crippen LogP contribution in [0.2, 0.25) is 0 Å². The summed E-state index contributed by atoms with van der Waals surface area (Å²) >= 11 is 1.72. The van der Waals surface area contributed by atoms with Crippen LogP contribution in [0.3, 0.4) is 0 Å². The van der Waals surface area contributed by atoms with Gasteiger partial charge in [-0.25, -0.2) is 4.98 Å². The molecular weight excluding hydrogens is 332 g/mol. The third-order valence-electron chi connectivity index (χ3n) is 4.24. The topological polar surface area (TPSA) is 42.4 Å². The Balaban J connectivity index is 0.00000109. The molecule has 1 aromatic heterocycles. The van der Waals surface area contributed by atoms with E-state index in [4.69, 9.17) is 4.74 Å². The first-order valence-corrected chi connectivity index (χ1v) is 9.46. The molecule has 134 valence electrons. The maximum Gasteiger partial charge on any atom is 0.238 e. The summed E-state index contributed by atoms with van der Waals surface area (Å²) in [6, 6.07) is 10.2. The van der Waals surface area contributed by atoms with Crippen molar-refractivity contribution in [1.29, 1.82) is 0 Å². The molecule has 0 N–H and O–H groups in total. The van der Waals surface area contributed by atoms with Gasteiger partial charge in [0.15, 0.2) is 0 Å². The number of fused-ring (bicyclic) bond motifs is 1. The van der Waals surface area contributed by atoms with E-state index >= 15 is 0 Å². The van der Waals surface area contributed by atoms with Gasteiger partial charge in [-0.05, 0) is 37.6 Å². The van der Waals surface area contributed by atoms with Gasteiger partial charge in [-0.3, -0.25) is 9.69 Å². The number of methoxy groups -OCH3 is 1. The van der Waals surface area contributed by atoms with E-state index in [1.165, 1.54) is 5.56 Å². The molecule has 2 aromatic rings. The van der Waals surface area contributed by atoms with Crippen molar-refractivity contribution < 1.29 is 9.53 Å². The van der Waals surface area contributed by atoms with Crippen molar-refractivity contribution >= 4 is 23.5 Å². The number of hydrogen-bond donors (Lipinski definition) is 0. The third-order valence-corrected chi connectivity index (χ3v) is 5.27. The molecule has 0 fully saturated rings. The second-order valence-corrected chi connectivity index (χ2v) is 7.22. The summed E-state index contributed by atoms with van der Waals surface area (Å²) in [7, 11) is 3.45. The SMILES string of the molecule is CC.COc1ccc(CSc2cnc3c(c2)C(C)(C)C(=O)N3C)cc1. The van der Waals surface area contributed by atoms with Crippen molar-refractivity contribution in [3.05, 3.63) is 47.7 Å². The lowest BCUT2D eigenvalue weighted by Gasteiger charge is -2.16. The van der Waals surface area contributed by atoms with Gasteiger partial charge in [-0.1, -0.05) is 26.0 Å². The van der Waals surface area contributed by atoms with E-state index in [1.807, 2.05) is 46.0 Å². The minimum Gasteiger partial charge on any atom is -0.497 e. The van der Waals surface area contributed by atoms with Crippen LogP contribution in [-0.2, 0) is 16.0 Å². The lowest BCUT2D eigenvalue weighted by Crippen LogP contribution is -2.33. The van der Waals surface area contributed by atoms with E-state index in [-0.39, 0.29) is 5.91 Å². The lowest BCUT2D eigenvalue weighted by molar-refractivity contribution is -0.121. The molecule has 1 amide bonds. The second-order valence-electron chi connectivity index (χ2n) is 6.17. The van der Waals surface area contributed by atoms with Crippen LogP contribution < -0.4 is 9.64 Å². The molecule has 3 rings (SSSR count). The number of amides is 1. The summed E-state index contributed by atoms with van der Waals surface area (Å²) in [5.41, 5.74) is 1.72. The molecule has 0 atom stereocenters. The molecule has 25 heavy (non-hydrogen) atoms. The fourth-order valence-corrected chi connectivity index (χ4v) is 3.62. The number of ether oxygens (including phenoxy) is 1.